The Labute approximate surface area is 112 Å². The molecular formula is C17H25N. The van der Waals surface area contributed by atoms with E-state index in [1.54, 1.807) is 0 Å². The highest BCUT2D eigenvalue weighted by molar-refractivity contribution is 5.61. The number of hydrogen-bond acceptors (Lipinski definition) is 1. The van der Waals surface area contributed by atoms with E-state index in [-0.39, 0.29) is 0 Å². The number of piperidine rings is 1. The lowest BCUT2D eigenvalue weighted by Gasteiger charge is -2.34. The van der Waals surface area contributed by atoms with E-state index >= 15 is 0 Å². The number of rotatable bonds is 3. The van der Waals surface area contributed by atoms with Crippen LogP contribution in [0.1, 0.15) is 50.7 Å². The van der Waals surface area contributed by atoms with Gasteiger partial charge in [0.1, 0.15) is 0 Å². The molecule has 0 N–H and O–H groups in total. The molecule has 1 heterocycles. The zero-order chi connectivity index (χ0) is 13.1. The Hall–Kier alpha value is -1.08. The number of allylic oxidation sites excluding steroid dienone is 1. The van der Waals surface area contributed by atoms with Crippen molar-refractivity contribution in [3.63, 3.8) is 0 Å². The molecule has 0 spiro atoms. The molecule has 0 atom stereocenters. The van der Waals surface area contributed by atoms with Crippen LogP contribution >= 0.6 is 0 Å². The van der Waals surface area contributed by atoms with Crippen LogP contribution in [0.2, 0.25) is 0 Å². The number of nitrogens with zero attached hydrogens (tertiary/aromatic N) is 1. The zero-order valence-corrected chi connectivity index (χ0v) is 11.9. The third-order valence-corrected chi connectivity index (χ3v) is 4.13. The van der Waals surface area contributed by atoms with Crippen LogP contribution in [0.15, 0.2) is 30.8 Å². The summed E-state index contributed by atoms with van der Waals surface area (Å²) in [7, 11) is 0. The van der Waals surface area contributed by atoms with Gasteiger partial charge in [-0.05, 0) is 63.7 Å². The first kappa shape index (κ1) is 13.4. The van der Waals surface area contributed by atoms with Crippen LogP contribution in [0.4, 0.5) is 0 Å². The molecule has 1 nitrogen and oxygen atoms in total. The molecule has 0 radical (unpaired) electrons. The van der Waals surface area contributed by atoms with Crippen LogP contribution in [0.3, 0.4) is 0 Å². The van der Waals surface area contributed by atoms with Gasteiger partial charge in [0.15, 0.2) is 0 Å². The van der Waals surface area contributed by atoms with E-state index in [0.717, 1.165) is 11.5 Å². The lowest BCUT2D eigenvalue weighted by molar-refractivity contribution is 0.172. The summed E-state index contributed by atoms with van der Waals surface area (Å²) in [6, 6.07) is 9.70. The maximum absolute atomic E-state index is 3.99. The molecule has 0 bridgehead atoms. The average molecular weight is 243 g/mol. The Kier molecular flexibility index (Phi) is 4.23. The summed E-state index contributed by atoms with van der Waals surface area (Å²) in [5.41, 5.74) is 3.91. The molecule has 1 aromatic rings. The van der Waals surface area contributed by atoms with Gasteiger partial charge in [0, 0.05) is 6.04 Å². The molecule has 1 aromatic carbocycles. The highest BCUT2D eigenvalue weighted by atomic mass is 15.1. The first-order valence-electron chi connectivity index (χ1n) is 7.08. The van der Waals surface area contributed by atoms with Crippen molar-refractivity contribution in [2.45, 2.75) is 45.6 Å². The van der Waals surface area contributed by atoms with Crippen molar-refractivity contribution in [3.8, 4) is 0 Å². The maximum atomic E-state index is 3.99. The van der Waals surface area contributed by atoms with E-state index in [2.05, 4.69) is 56.5 Å². The first-order chi connectivity index (χ1) is 8.58. The quantitative estimate of drug-likeness (QED) is 0.764. The van der Waals surface area contributed by atoms with Crippen molar-refractivity contribution in [2.24, 2.45) is 0 Å². The second kappa shape index (κ2) is 5.71. The molecule has 0 aromatic heterocycles. The van der Waals surface area contributed by atoms with Crippen LogP contribution in [-0.4, -0.2) is 24.0 Å². The molecular weight excluding hydrogens is 218 g/mol. The third kappa shape index (κ3) is 3.02. The fourth-order valence-corrected chi connectivity index (χ4v) is 2.79. The largest absolute Gasteiger partial charge is 0.301 e. The van der Waals surface area contributed by atoms with Crippen LogP contribution in [0, 0.1) is 0 Å². The van der Waals surface area contributed by atoms with Crippen LogP contribution in [0.5, 0.6) is 0 Å². The summed E-state index contributed by atoms with van der Waals surface area (Å²) in [6.07, 6.45) is 2.59. The second-order valence-electron chi connectivity index (χ2n) is 5.81. The smallest absolute Gasteiger partial charge is 0.00385 e. The fourth-order valence-electron chi connectivity index (χ4n) is 2.79. The van der Waals surface area contributed by atoms with E-state index in [4.69, 9.17) is 0 Å². The van der Waals surface area contributed by atoms with Crippen LogP contribution in [-0.2, 0) is 0 Å². The molecule has 0 saturated carbocycles. The van der Waals surface area contributed by atoms with Gasteiger partial charge in [-0.1, -0.05) is 36.4 Å². The minimum Gasteiger partial charge on any atom is -0.301 e. The molecule has 18 heavy (non-hydrogen) atoms. The van der Waals surface area contributed by atoms with Gasteiger partial charge in [-0.25, -0.2) is 0 Å². The molecule has 1 aliphatic rings. The van der Waals surface area contributed by atoms with Crippen LogP contribution < -0.4 is 0 Å². The van der Waals surface area contributed by atoms with Crippen molar-refractivity contribution >= 4 is 5.57 Å². The fraction of sp³-hybridized carbons (Fsp3) is 0.529. The SMILES string of the molecule is C=C(C)c1ccc(C2CCN(C(C)C)CC2)cc1. The van der Waals surface area contributed by atoms with Gasteiger partial charge in [-0.15, -0.1) is 0 Å². The first-order valence-corrected chi connectivity index (χ1v) is 7.08. The van der Waals surface area contributed by atoms with E-state index in [1.807, 2.05) is 0 Å². The van der Waals surface area contributed by atoms with E-state index in [9.17, 15) is 0 Å². The highest BCUT2D eigenvalue weighted by Gasteiger charge is 2.21. The summed E-state index contributed by atoms with van der Waals surface area (Å²) in [6.45, 7) is 13.1. The van der Waals surface area contributed by atoms with Gasteiger partial charge in [-0.3, -0.25) is 0 Å². The lowest BCUT2D eigenvalue weighted by atomic mass is 9.88. The van der Waals surface area contributed by atoms with Gasteiger partial charge in [-0.2, -0.15) is 0 Å². The minimum absolute atomic E-state index is 0.691. The van der Waals surface area contributed by atoms with Crippen molar-refractivity contribution < 1.29 is 0 Å². The minimum atomic E-state index is 0.691. The molecule has 1 fully saturated rings. The lowest BCUT2D eigenvalue weighted by Crippen LogP contribution is -2.37. The van der Waals surface area contributed by atoms with E-state index in [0.29, 0.717) is 6.04 Å². The number of hydrogen-bond donors (Lipinski definition) is 0. The monoisotopic (exact) mass is 243 g/mol. The van der Waals surface area contributed by atoms with Crippen molar-refractivity contribution in [2.75, 3.05) is 13.1 Å². The van der Waals surface area contributed by atoms with Crippen molar-refractivity contribution in [1.29, 1.82) is 0 Å². The molecule has 0 aliphatic carbocycles. The normalized spacial score (nSPS) is 18.2. The molecule has 1 aliphatic heterocycles. The standard InChI is InChI=1S/C17H25N/c1-13(2)15-5-7-16(8-6-15)17-9-11-18(12-10-17)14(3)4/h5-8,14,17H,1,9-12H2,2-4H3. The average Bonchev–Trinajstić information content (AvgIpc) is 2.39. The van der Waals surface area contributed by atoms with Crippen molar-refractivity contribution in [1.82, 2.24) is 4.90 Å². The Morgan fingerprint density at radius 2 is 1.72 bits per heavy atom. The highest BCUT2D eigenvalue weighted by Crippen LogP contribution is 2.29. The van der Waals surface area contributed by atoms with Crippen molar-refractivity contribution in [3.05, 3.63) is 42.0 Å². The van der Waals surface area contributed by atoms with E-state index < -0.39 is 0 Å². The molecule has 1 saturated heterocycles. The molecule has 0 amide bonds. The summed E-state index contributed by atoms with van der Waals surface area (Å²) in [5, 5.41) is 0. The Balaban J connectivity index is 1.99. The third-order valence-electron chi connectivity index (χ3n) is 4.13. The zero-order valence-electron chi connectivity index (χ0n) is 11.9. The van der Waals surface area contributed by atoms with E-state index in [1.165, 1.54) is 37.1 Å². The van der Waals surface area contributed by atoms with Crippen LogP contribution in [0.25, 0.3) is 5.57 Å². The Bertz CT molecular complexity index is 394. The topological polar surface area (TPSA) is 3.24 Å². The Morgan fingerprint density at radius 3 is 2.17 bits per heavy atom. The van der Waals surface area contributed by atoms with Gasteiger partial charge in [0.25, 0.3) is 0 Å². The summed E-state index contributed by atoms with van der Waals surface area (Å²) >= 11 is 0. The number of benzene rings is 1. The predicted octanol–water partition coefficient (Wildman–Crippen LogP) is 4.31. The summed E-state index contributed by atoms with van der Waals surface area (Å²) < 4.78 is 0. The molecule has 0 unspecified atom stereocenters. The Morgan fingerprint density at radius 1 is 1.17 bits per heavy atom. The van der Waals surface area contributed by atoms with Gasteiger partial charge < -0.3 is 4.90 Å². The van der Waals surface area contributed by atoms with Gasteiger partial charge >= 0.3 is 0 Å². The molecule has 1 heteroatoms. The summed E-state index contributed by atoms with van der Waals surface area (Å²) in [4.78, 5) is 2.58. The number of likely N-dealkylation sites (tertiary alicyclic amines) is 1. The molecule has 98 valence electrons. The second-order valence-corrected chi connectivity index (χ2v) is 5.81. The van der Waals surface area contributed by atoms with Gasteiger partial charge in [0.05, 0.1) is 0 Å². The van der Waals surface area contributed by atoms with Gasteiger partial charge in [0.2, 0.25) is 0 Å². The predicted molar refractivity (Wildman–Crippen MR) is 79.8 cm³/mol. The maximum Gasteiger partial charge on any atom is 0.00385 e. The summed E-state index contributed by atoms with van der Waals surface area (Å²) in [5.74, 6) is 0.749. The molecule has 2 rings (SSSR count).